The van der Waals surface area contributed by atoms with Crippen molar-refractivity contribution in [1.29, 1.82) is 0 Å². The summed E-state index contributed by atoms with van der Waals surface area (Å²) in [6.45, 7) is 4.04. The van der Waals surface area contributed by atoms with Crippen molar-refractivity contribution in [3.05, 3.63) is 0 Å². The summed E-state index contributed by atoms with van der Waals surface area (Å²) in [5.41, 5.74) is -0.996. The Balaban J connectivity index is 2.12. The maximum absolute atomic E-state index is 12.0. The second-order valence-electron chi connectivity index (χ2n) is 5.41. The van der Waals surface area contributed by atoms with Crippen molar-refractivity contribution in [2.75, 3.05) is 14.2 Å². The molecule has 0 radical (unpaired) electrons. The van der Waals surface area contributed by atoms with Crippen LogP contribution < -0.4 is 0 Å². The van der Waals surface area contributed by atoms with Gasteiger partial charge in [0.05, 0.1) is 13.2 Å². The van der Waals surface area contributed by atoms with E-state index >= 15 is 0 Å². The topological polar surface area (TPSA) is 48.1 Å². The summed E-state index contributed by atoms with van der Waals surface area (Å²) < 4.78 is 16.2. The first kappa shape index (κ1) is 12.8. The van der Waals surface area contributed by atoms with Gasteiger partial charge in [0, 0.05) is 7.11 Å². The molecule has 17 heavy (non-hydrogen) atoms. The summed E-state index contributed by atoms with van der Waals surface area (Å²) in [5, 5.41) is 0. The highest BCUT2D eigenvalue weighted by molar-refractivity contribution is 5.85. The summed E-state index contributed by atoms with van der Waals surface area (Å²) in [7, 11) is 3.18. The SMILES string of the molecule is COC(=O)C1(C(C)C)OC12CCC(OC)CC2. The average Bonchev–Trinajstić information content (AvgIpc) is 2.99. The first-order valence-corrected chi connectivity index (χ1v) is 6.34. The van der Waals surface area contributed by atoms with Crippen LogP contribution in [0.15, 0.2) is 0 Å². The predicted molar refractivity (Wildman–Crippen MR) is 62.7 cm³/mol. The molecule has 1 unspecified atom stereocenters. The second-order valence-corrected chi connectivity index (χ2v) is 5.41. The summed E-state index contributed by atoms with van der Waals surface area (Å²) in [6, 6.07) is 0. The molecule has 0 aromatic carbocycles. The molecule has 1 spiro atoms. The fourth-order valence-corrected chi connectivity index (χ4v) is 3.31. The van der Waals surface area contributed by atoms with Gasteiger partial charge in [-0.25, -0.2) is 4.79 Å². The van der Waals surface area contributed by atoms with Gasteiger partial charge >= 0.3 is 5.97 Å². The maximum Gasteiger partial charge on any atom is 0.341 e. The molecule has 1 saturated heterocycles. The van der Waals surface area contributed by atoms with Gasteiger partial charge in [-0.1, -0.05) is 13.8 Å². The summed E-state index contributed by atoms with van der Waals surface area (Å²) in [4.78, 5) is 12.0. The van der Waals surface area contributed by atoms with Crippen LogP contribution in [0.2, 0.25) is 0 Å². The molecule has 1 aliphatic carbocycles. The molecule has 4 heteroatoms. The van der Waals surface area contributed by atoms with Crippen molar-refractivity contribution < 1.29 is 19.0 Å². The minimum absolute atomic E-state index is 0.147. The zero-order valence-corrected chi connectivity index (χ0v) is 11.1. The fraction of sp³-hybridized carbons (Fsp3) is 0.923. The molecule has 1 saturated carbocycles. The first-order chi connectivity index (χ1) is 8.02. The molecule has 98 valence electrons. The number of hydrogen-bond donors (Lipinski definition) is 0. The van der Waals surface area contributed by atoms with Crippen LogP contribution in [0.25, 0.3) is 0 Å². The molecule has 2 fully saturated rings. The standard InChI is InChI=1S/C13H22O4/c1-9(2)13(11(14)16-4)12(17-13)7-5-10(15-3)6-8-12/h9-10H,5-8H2,1-4H3. The van der Waals surface area contributed by atoms with E-state index in [1.165, 1.54) is 7.11 Å². The monoisotopic (exact) mass is 242 g/mol. The number of hydrogen-bond acceptors (Lipinski definition) is 4. The Labute approximate surface area is 103 Å². The number of carbonyl (C=O) groups is 1. The van der Waals surface area contributed by atoms with Crippen LogP contribution in [-0.4, -0.2) is 37.5 Å². The molecule has 0 bridgehead atoms. The van der Waals surface area contributed by atoms with Gasteiger partial charge in [0.2, 0.25) is 0 Å². The van der Waals surface area contributed by atoms with E-state index in [2.05, 4.69) is 0 Å². The Bertz CT molecular complexity index is 305. The lowest BCUT2D eigenvalue weighted by Gasteiger charge is -2.28. The number of methoxy groups -OCH3 is 2. The fourth-order valence-electron chi connectivity index (χ4n) is 3.31. The summed E-state index contributed by atoms with van der Waals surface area (Å²) in [6.07, 6.45) is 4.01. The molecule has 4 nitrogen and oxygen atoms in total. The van der Waals surface area contributed by atoms with Crippen molar-refractivity contribution >= 4 is 5.97 Å². The Morgan fingerprint density at radius 3 is 2.29 bits per heavy atom. The molecule has 1 aliphatic heterocycles. The van der Waals surface area contributed by atoms with Gasteiger partial charge in [-0.3, -0.25) is 0 Å². The zero-order chi connectivity index (χ0) is 12.7. The third-order valence-electron chi connectivity index (χ3n) is 4.37. The normalized spacial score (nSPS) is 40.6. The van der Waals surface area contributed by atoms with Crippen molar-refractivity contribution in [3.63, 3.8) is 0 Å². The lowest BCUT2D eigenvalue weighted by atomic mass is 9.74. The van der Waals surface area contributed by atoms with E-state index < -0.39 is 5.60 Å². The Hall–Kier alpha value is -0.610. The third kappa shape index (κ3) is 1.69. The van der Waals surface area contributed by atoms with Crippen LogP contribution in [0, 0.1) is 5.92 Å². The number of epoxide rings is 1. The third-order valence-corrected chi connectivity index (χ3v) is 4.37. The zero-order valence-electron chi connectivity index (χ0n) is 11.1. The van der Waals surface area contributed by atoms with Gasteiger partial charge in [-0.15, -0.1) is 0 Å². The minimum Gasteiger partial charge on any atom is -0.467 e. The quantitative estimate of drug-likeness (QED) is 0.560. The number of carbonyl (C=O) groups excluding carboxylic acids is 1. The highest BCUT2D eigenvalue weighted by atomic mass is 16.7. The molecule has 0 N–H and O–H groups in total. The second kappa shape index (κ2) is 4.25. The van der Waals surface area contributed by atoms with Crippen LogP contribution in [0.1, 0.15) is 39.5 Å². The molecule has 2 aliphatic rings. The molecule has 1 heterocycles. The molecular weight excluding hydrogens is 220 g/mol. The lowest BCUT2D eigenvalue weighted by Crippen LogP contribution is -2.42. The van der Waals surface area contributed by atoms with Gasteiger partial charge in [0.1, 0.15) is 5.60 Å². The molecule has 2 rings (SSSR count). The van der Waals surface area contributed by atoms with E-state index in [4.69, 9.17) is 14.2 Å². The van der Waals surface area contributed by atoms with Crippen molar-refractivity contribution in [2.45, 2.75) is 56.8 Å². The molecule has 1 atom stereocenters. The van der Waals surface area contributed by atoms with E-state index in [0.29, 0.717) is 6.10 Å². The highest BCUT2D eigenvalue weighted by Gasteiger charge is 2.76. The molecular formula is C13H22O4. The van der Waals surface area contributed by atoms with Crippen molar-refractivity contribution in [1.82, 2.24) is 0 Å². The number of ether oxygens (including phenoxy) is 3. The largest absolute Gasteiger partial charge is 0.467 e. The van der Waals surface area contributed by atoms with Gasteiger partial charge in [0.25, 0.3) is 0 Å². The van der Waals surface area contributed by atoms with Crippen LogP contribution in [-0.2, 0) is 19.0 Å². The lowest BCUT2D eigenvalue weighted by molar-refractivity contribution is -0.148. The highest BCUT2D eigenvalue weighted by Crippen LogP contribution is 2.60. The van der Waals surface area contributed by atoms with Gasteiger partial charge in [0.15, 0.2) is 5.60 Å². The Morgan fingerprint density at radius 2 is 1.88 bits per heavy atom. The predicted octanol–water partition coefficient (Wildman–Crippen LogP) is 1.91. The van der Waals surface area contributed by atoms with Crippen molar-refractivity contribution in [3.8, 4) is 0 Å². The van der Waals surface area contributed by atoms with Gasteiger partial charge < -0.3 is 14.2 Å². The molecule has 0 aromatic heterocycles. The Morgan fingerprint density at radius 1 is 1.29 bits per heavy atom. The number of rotatable bonds is 3. The van der Waals surface area contributed by atoms with Crippen LogP contribution in [0.5, 0.6) is 0 Å². The van der Waals surface area contributed by atoms with Gasteiger partial charge in [-0.05, 0) is 31.6 Å². The van der Waals surface area contributed by atoms with E-state index in [1.54, 1.807) is 7.11 Å². The number of esters is 1. The maximum atomic E-state index is 12.0. The Kier molecular flexibility index (Phi) is 3.21. The van der Waals surface area contributed by atoms with Gasteiger partial charge in [-0.2, -0.15) is 0 Å². The summed E-state index contributed by atoms with van der Waals surface area (Å²) >= 11 is 0. The van der Waals surface area contributed by atoms with Crippen molar-refractivity contribution in [2.24, 2.45) is 5.92 Å². The minimum atomic E-state index is -0.708. The van der Waals surface area contributed by atoms with Crippen LogP contribution in [0.4, 0.5) is 0 Å². The smallest absolute Gasteiger partial charge is 0.341 e. The van der Waals surface area contributed by atoms with E-state index in [1.807, 2.05) is 13.8 Å². The average molecular weight is 242 g/mol. The van der Waals surface area contributed by atoms with Crippen LogP contribution >= 0.6 is 0 Å². The van der Waals surface area contributed by atoms with Crippen LogP contribution in [0.3, 0.4) is 0 Å². The first-order valence-electron chi connectivity index (χ1n) is 6.34. The van der Waals surface area contributed by atoms with E-state index in [0.717, 1.165) is 25.7 Å². The van der Waals surface area contributed by atoms with E-state index in [9.17, 15) is 4.79 Å². The molecule has 0 amide bonds. The summed E-state index contributed by atoms with van der Waals surface area (Å²) in [5.74, 6) is -0.0718. The van der Waals surface area contributed by atoms with E-state index in [-0.39, 0.29) is 17.5 Å². The molecule has 0 aromatic rings.